The van der Waals surface area contributed by atoms with Gasteiger partial charge in [-0.25, -0.2) is 0 Å². The second-order valence-corrected chi connectivity index (χ2v) is 14.7. The molecule has 1 aliphatic rings. The van der Waals surface area contributed by atoms with Gasteiger partial charge in [0.15, 0.2) is 0 Å². The Balaban J connectivity index is 2.85. The van der Waals surface area contributed by atoms with Crippen LogP contribution in [-0.4, -0.2) is 21.4 Å². The van der Waals surface area contributed by atoms with E-state index in [-0.39, 0.29) is 0 Å². The lowest BCUT2D eigenvalue weighted by atomic mass is 10.1. The molecule has 0 heterocycles. The zero-order chi connectivity index (χ0) is 13.8. The molecule has 0 amide bonds. The molecule has 0 aromatic carbocycles. The van der Waals surface area contributed by atoms with Crippen molar-refractivity contribution in [2.45, 2.75) is 71.8 Å². The summed E-state index contributed by atoms with van der Waals surface area (Å²) in [5, 5.41) is 0. The fourth-order valence-corrected chi connectivity index (χ4v) is 11.2. The maximum Gasteiger partial charge on any atom is 0.138 e. The van der Waals surface area contributed by atoms with Gasteiger partial charge in [-0.3, -0.25) is 0 Å². The van der Waals surface area contributed by atoms with Gasteiger partial charge in [-0.05, 0) is 18.4 Å². The van der Waals surface area contributed by atoms with Crippen LogP contribution in [-0.2, 0) is 0 Å². The maximum atomic E-state index is 2.88. The number of unbranched alkanes of at least 4 members (excludes halogenated alkanes) is 2. The molecule has 1 aliphatic carbocycles. The number of allylic oxidation sites excluding steroid dienone is 3. The van der Waals surface area contributed by atoms with Crippen molar-refractivity contribution in [3.05, 3.63) is 23.4 Å². The Morgan fingerprint density at radius 3 is 2.39 bits per heavy atom. The standard InChI is InChI=1S/C15H31NSi2/c1-7-8-9-11-14-12-10-13-15(14)16(17(2)3)18(4,5)6/h10,12,17H,7-9,11,13H2,1-6H3. The molecule has 0 aliphatic heterocycles. The molecule has 0 spiro atoms. The molecule has 0 unspecified atom stereocenters. The number of nitrogens with zero attached hydrogens (tertiary/aromatic N) is 1. The van der Waals surface area contributed by atoms with Crippen molar-refractivity contribution in [2.75, 3.05) is 0 Å². The average molecular weight is 282 g/mol. The van der Waals surface area contributed by atoms with Crippen LogP contribution in [0.5, 0.6) is 0 Å². The van der Waals surface area contributed by atoms with Crippen LogP contribution in [0.4, 0.5) is 0 Å². The van der Waals surface area contributed by atoms with E-state index < -0.39 is 17.2 Å². The Hall–Kier alpha value is -0.286. The predicted molar refractivity (Wildman–Crippen MR) is 89.0 cm³/mol. The summed E-state index contributed by atoms with van der Waals surface area (Å²) in [5.41, 5.74) is 3.33. The minimum atomic E-state index is -1.21. The van der Waals surface area contributed by atoms with Crippen molar-refractivity contribution in [3.63, 3.8) is 0 Å². The molecule has 0 aromatic rings. The summed E-state index contributed by atoms with van der Waals surface area (Å²) < 4.78 is 2.88. The monoisotopic (exact) mass is 281 g/mol. The van der Waals surface area contributed by atoms with Crippen LogP contribution in [0.15, 0.2) is 23.4 Å². The van der Waals surface area contributed by atoms with E-state index in [1.807, 2.05) is 0 Å². The third-order valence-corrected chi connectivity index (χ3v) is 10.5. The largest absolute Gasteiger partial charge is 0.430 e. The van der Waals surface area contributed by atoms with E-state index in [1.165, 1.54) is 32.1 Å². The first-order valence-corrected chi connectivity index (χ1v) is 13.8. The van der Waals surface area contributed by atoms with Crippen molar-refractivity contribution >= 4 is 17.2 Å². The zero-order valence-corrected chi connectivity index (χ0v) is 15.4. The van der Waals surface area contributed by atoms with Crippen LogP contribution in [0.3, 0.4) is 0 Å². The molecule has 104 valence electrons. The van der Waals surface area contributed by atoms with Crippen LogP contribution in [0.1, 0.15) is 39.0 Å². The zero-order valence-electron chi connectivity index (χ0n) is 13.2. The summed E-state index contributed by atoms with van der Waals surface area (Å²) >= 11 is 0. The first kappa shape index (κ1) is 15.8. The highest BCUT2D eigenvalue weighted by atomic mass is 28.4. The van der Waals surface area contributed by atoms with Crippen LogP contribution < -0.4 is 0 Å². The Morgan fingerprint density at radius 2 is 1.89 bits per heavy atom. The smallest absolute Gasteiger partial charge is 0.138 e. The summed E-state index contributed by atoms with van der Waals surface area (Å²) in [6, 6.07) is 0. The molecule has 0 saturated carbocycles. The lowest BCUT2D eigenvalue weighted by Gasteiger charge is -2.42. The molecule has 18 heavy (non-hydrogen) atoms. The molecule has 1 rings (SSSR count). The minimum absolute atomic E-state index is 0.746. The van der Waals surface area contributed by atoms with Gasteiger partial charge in [0.1, 0.15) is 17.2 Å². The highest BCUT2D eigenvalue weighted by Crippen LogP contribution is 2.31. The second-order valence-electron chi connectivity index (χ2n) is 6.67. The first-order chi connectivity index (χ1) is 8.38. The van der Waals surface area contributed by atoms with Gasteiger partial charge in [-0.15, -0.1) is 0 Å². The van der Waals surface area contributed by atoms with Gasteiger partial charge < -0.3 is 4.23 Å². The molecule has 1 nitrogen and oxygen atoms in total. The Kier molecular flexibility index (Phi) is 5.92. The molecule has 0 N–H and O–H groups in total. The van der Waals surface area contributed by atoms with Gasteiger partial charge in [-0.2, -0.15) is 0 Å². The van der Waals surface area contributed by atoms with E-state index in [0.29, 0.717) is 0 Å². The molecular weight excluding hydrogens is 250 g/mol. The topological polar surface area (TPSA) is 3.24 Å². The van der Waals surface area contributed by atoms with Gasteiger partial charge in [0.05, 0.1) is 0 Å². The van der Waals surface area contributed by atoms with E-state index >= 15 is 0 Å². The number of hydrogen-bond acceptors (Lipinski definition) is 1. The van der Waals surface area contributed by atoms with Crippen molar-refractivity contribution < 1.29 is 0 Å². The highest BCUT2D eigenvalue weighted by molar-refractivity contribution is 6.83. The fraction of sp³-hybridized carbons (Fsp3) is 0.733. The van der Waals surface area contributed by atoms with Gasteiger partial charge >= 0.3 is 0 Å². The SMILES string of the molecule is CCCCCC1=C(N([SiH](C)C)[Si](C)(C)C)CC=C1. The van der Waals surface area contributed by atoms with Crippen molar-refractivity contribution in [1.82, 2.24) is 4.23 Å². The van der Waals surface area contributed by atoms with Crippen LogP contribution in [0, 0.1) is 0 Å². The summed E-state index contributed by atoms with van der Waals surface area (Å²) in [5.74, 6) is 0. The van der Waals surface area contributed by atoms with Crippen LogP contribution in [0.2, 0.25) is 32.7 Å². The normalized spacial score (nSPS) is 15.9. The van der Waals surface area contributed by atoms with Crippen molar-refractivity contribution in [1.29, 1.82) is 0 Å². The molecular formula is C15H31NSi2. The van der Waals surface area contributed by atoms with Crippen LogP contribution >= 0.6 is 0 Å². The average Bonchev–Trinajstić information content (AvgIpc) is 2.64. The summed E-state index contributed by atoms with van der Waals surface area (Å²) in [6.07, 6.45) is 11.3. The first-order valence-electron chi connectivity index (χ1n) is 7.55. The molecule has 0 aromatic heterocycles. The maximum absolute atomic E-state index is 2.88. The summed E-state index contributed by atoms with van der Waals surface area (Å²) in [7, 11) is -1.95. The third kappa shape index (κ3) is 4.13. The van der Waals surface area contributed by atoms with Crippen LogP contribution in [0.25, 0.3) is 0 Å². The molecule has 0 fully saturated rings. The van der Waals surface area contributed by atoms with Gasteiger partial charge in [0, 0.05) is 12.1 Å². The molecule has 0 atom stereocenters. The lowest BCUT2D eigenvalue weighted by molar-refractivity contribution is 0.692. The Labute approximate surface area is 117 Å². The van der Waals surface area contributed by atoms with Gasteiger partial charge in [0.2, 0.25) is 0 Å². The summed E-state index contributed by atoms with van der Waals surface area (Å²) in [6.45, 7) is 14.7. The second kappa shape index (κ2) is 6.76. The van der Waals surface area contributed by atoms with Crippen molar-refractivity contribution in [2.24, 2.45) is 0 Å². The van der Waals surface area contributed by atoms with Gasteiger partial charge in [0.25, 0.3) is 0 Å². The Bertz CT molecular complexity index is 324. The highest BCUT2D eigenvalue weighted by Gasteiger charge is 2.30. The fourth-order valence-electron chi connectivity index (χ4n) is 3.08. The minimum Gasteiger partial charge on any atom is -0.430 e. The van der Waals surface area contributed by atoms with E-state index in [2.05, 4.69) is 56.0 Å². The molecule has 0 saturated heterocycles. The van der Waals surface area contributed by atoms with Gasteiger partial charge in [-0.1, -0.05) is 64.7 Å². The number of hydrogen-bond donors (Lipinski definition) is 0. The quantitative estimate of drug-likeness (QED) is 0.474. The molecule has 0 radical (unpaired) electrons. The van der Waals surface area contributed by atoms with E-state index in [1.54, 1.807) is 11.3 Å². The Morgan fingerprint density at radius 1 is 1.22 bits per heavy atom. The lowest BCUT2D eigenvalue weighted by Crippen LogP contribution is -2.51. The predicted octanol–water partition coefficient (Wildman–Crippen LogP) is 4.90. The van der Waals surface area contributed by atoms with E-state index in [9.17, 15) is 0 Å². The van der Waals surface area contributed by atoms with E-state index in [4.69, 9.17) is 0 Å². The molecule has 0 bridgehead atoms. The number of rotatable bonds is 7. The summed E-state index contributed by atoms with van der Waals surface area (Å²) in [4.78, 5) is 0. The van der Waals surface area contributed by atoms with Crippen molar-refractivity contribution in [3.8, 4) is 0 Å². The van der Waals surface area contributed by atoms with E-state index in [0.717, 1.165) is 0 Å². The molecule has 3 heteroatoms. The third-order valence-electron chi connectivity index (χ3n) is 3.58.